The molecule has 3 nitrogen and oxygen atoms in total. The number of benzene rings is 1. The van der Waals surface area contributed by atoms with Crippen molar-refractivity contribution < 1.29 is 4.79 Å². The van der Waals surface area contributed by atoms with Gasteiger partial charge in [0, 0.05) is 23.3 Å². The fourth-order valence-corrected chi connectivity index (χ4v) is 1.14. The number of nitriles is 2. The minimum absolute atomic E-state index is 0.204. The van der Waals surface area contributed by atoms with E-state index in [1.54, 1.807) is 42.5 Å². The Labute approximate surface area is 93.6 Å². The Morgan fingerprint density at radius 1 is 1.12 bits per heavy atom. The second-order valence-corrected chi connectivity index (χ2v) is 2.89. The van der Waals surface area contributed by atoms with E-state index < -0.39 is 0 Å². The topological polar surface area (TPSA) is 64.7 Å². The van der Waals surface area contributed by atoms with Gasteiger partial charge < -0.3 is 0 Å². The molecule has 1 aromatic rings. The molecule has 0 spiro atoms. The number of allylic oxidation sites excluding steroid dienone is 4. The van der Waals surface area contributed by atoms with Gasteiger partial charge in [-0.3, -0.25) is 4.79 Å². The van der Waals surface area contributed by atoms with Crippen LogP contribution in [0, 0.1) is 22.7 Å². The number of rotatable bonds is 3. The van der Waals surface area contributed by atoms with E-state index in [1.165, 1.54) is 12.2 Å². The van der Waals surface area contributed by atoms with E-state index in [2.05, 4.69) is 0 Å². The fourth-order valence-electron chi connectivity index (χ4n) is 1.14. The monoisotopic (exact) mass is 208 g/mol. The molecule has 0 bridgehead atoms. The standard InChI is InChI=1S/C13H8N2O/c14-9-4-7-12(8-10-15)13(16)11-5-2-1-3-6-11/h1-8H/b7-4+,12-8-. The summed E-state index contributed by atoms with van der Waals surface area (Å²) in [5, 5.41) is 16.9. The highest BCUT2D eigenvalue weighted by molar-refractivity contribution is 6.10. The van der Waals surface area contributed by atoms with Gasteiger partial charge >= 0.3 is 0 Å². The lowest BCUT2D eigenvalue weighted by molar-refractivity contribution is 0.103. The lowest BCUT2D eigenvalue weighted by atomic mass is 10.0. The average Bonchev–Trinajstić information content (AvgIpc) is 2.35. The third-order valence-electron chi connectivity index (χ3n) is 1.86. The molecule has 0 aromatic heterocycles. The molecule has 16 heavy (non-hydrogen) atoms. The summed E-state index contributed by atoms with van der Waals surface area (Å²) in [5.41, 5.74) is 0.696. The van der Waals surface area contributed by atoms with Crippen LogP contribution in [0.4, 0.5) is 0 Å². The number of ketones is 1. The predicted octanol–water partition coefficient (Wildman–Crippen LogP) is 2.40. The number of nitrogens with zero attached hydrogens (tertiary/aromatic N) is 2. The molecular formula is C13H8N2O. The van der Waals surface area contributed by atoms with Crippen LogP contribution in [0.15, 0.2) is 54.1 Å². The Kier molecular flexibility index (Phi) is 4.25. The maximum absolute atomic E-state index is 11.9. The fraction of sp³-hybridized carbons (Fsp3) is 0. The molecule has 0 N–H and O–H groups in total. The number of carbonyl (C=O) groups is 1. The second-order valence-electron chi connectivity index (χ2n) is 2.89. The zero-order valence-corrected chi connectivity index (χ0v) is 8.42. The minimum atomic E-state index is -0.270. The third kappa shape index (κ3) is 2.94. The molecule has 76 valence electrons. The molecular weight excluding hydrogens is 200 g/mol. The number of hydrogen-bond acceptors (Lipinski definition) is 3. The average molecular weight is 208 g/mol. The summed E-state index contributed by atoms with van der Waals surface area (Å²) in [6, 6.07) is 12.2. The Hall–Kier alpha value is -2.65. The molecule has 0 unspecified atom stereocenters. The second kappa shape index (κ2) is 5.95. The summed E-state index contributed by atoms with van der Waals surface area (Å²) < 4.78 is 0. The van der Waals surface area contributed by atoms with Gasteiger partial charge in [0.2, 0.25) is 0 Å². The van der Waals surface area contributed by atoms with E-state index >= 15 is 0 Å². The molecule has 0 atom stereocenters. The van der Waals surface area contributed by atoms with Gasteiger partial charge in [0.15, 0.2) is 5.78 Å². The van der Waals surface area contributed by atoms with Crippen molar-refractivity contribution in [2.45, 2.75) is 0 Å². The van der Waals surface area contributed by atoms with Crippen LogP contribution in [0.2, 0.25) is 0 Å². The zero-order chi connectivity index (χ0) is 11.8. The molecule has 1 rings (SSSR count). The summed E-state index contributed by atoms with van der Waals surface area (Å²) in [4.78, 5) is 11.9. The highest BCUT2D eigenvalue weighted by Gasteiger charge is 2.08. The van der Waals surface area contributed by atoms with Gasteiger partial charge in [-0.1, -0.05) is 30.3 Å². The van der Waals surface area contributed by atoms with E-state index in [0.717, 1.165) is 6.08 Å². The number of Topliss-reactive ketones (excluding diaryl/α,β-unsaturated/α-hetero) is 1. The van der Waals surface area contributed by atoms with Crippen LogP contribution in [0.1, 0.15) is 10.4 Å². The van der Waals surface area contributed by atoms with Crippen LogP contribution in [0.5, 0.6) is 0 Å². The smallest absolute Gasteiger partial charge is 0.193 e. The lowest BCUT2D eigenvalue weighted by Gasteiger charge is -1.99. The van der Waals surface area contributed by atoms with Crippen molar-refractivity contribution >= 4 is 5.78 Å². The van der Waals surface area contributed by atoms with Crippen LogP contribution in [-0.4, -0.2) is 5.78 Å². The largest absolute Gasteiger partial charge is 0.289 e. The maximum Gasteiger partial charge on any atom is 0.193 e. The zero-order valence-electron chi connectivity index (χ0n) is 8.42. The normalized spacial score (nSPS) is 10.8. The van der Waals surface area contributed by atoms with Crippen LogP contribution in [0.25, 0.3) is 0 Å². The summed E-state index contributed by atoms with van der Waals surface area (Å²) in [7, 11) is 0. The number of carbonyl (C=O) groups excluding carboxylic acids is 1. The molecule has 0 amide bonds. The Morgan fingerprint density at radius 2 is 1.81 bits per heavy atom. The van der Waals surface area contributed by atoms with Crippen LogP contribution < -0.4 is 0 Å². The van der Waals surface area contributed by atoms with Crippen LogP contribution in [-0.2, 0) is 0 Å². The van der Waals surface area contributed by atoms with E-state index in [4.69, 9.17) is 10.5 Å². The molecule has 0 fully saturated rings. The molecule has 3 heteroatoms. The summed E-state index contributed by atoms with van der Waals surface area (Å²) in [5.74, 6) is -0.270. The SMILES string of the molecule is N#C/C=C(/C=C/C#N)C(=O)c1ccccc1. The number of hydrogen-bond donors (Lipinski definition) is 0. The first-order valence-corrected chi connectivity index (χ1v) is 4.55. The van der Waals surface area contributed by atoms with Gasteiger partial charge in [-0.15, -0.1) is 0 Å². The first-order chi connectivity index (χ1) is 7.79. The molecule has 0 aliphatic heterocycles. The van der Waals surface area contributed by atoms with Gasteiger partial charge in [-0.05, 0) is 6.08 Å². The van der Waals surface area contributed by atoms with E-state index in [-0.39, 0.29) is 11.4 Å². The van der Waals surface area contributed by atoms with Crippen molar-refractivity contribution in [3.8, 4) is 12.1 Å². The molecule has 0 saturated carbocycles. The van der Waals surface area contributed by atoms with Crippen molar-refractivity contribution in [2.24, 2.45) is 0 Å². The summed E-state index contributed by atoms with van der Waals surface area (Å²) in [6.45, 7) is 0. The summed E-state index contributed by atoms with van der Waals surface area (Å²) >= 11 is 0. The van der Waals surface area contributed by atoms with Crippen molar-refractivity contribution in [1.29, 1.82) is 10.5 Å². The van der Waals surface area contributed by atoms with Crippen LogP contribution >= 0.6 is 0 Å². The highest BCUT2D eigenvalue weighted by atomic mass is 16.1. The Bertz CT molecular complexity index is 513. The van der Waals surface area contributed by atoms with Crippen molar-refractivity contribution in [3.05, 3.63) is 59.7 Å². The molecule has 1 aromatic carbocycles. The maximum atomic E-state index is 11.9. The lowest BCUT2D eigenvalue weighted by Crippen LogP contribution is -2.00. The Balaban J connectivity index is 3.04. The van der Waals surface area contributed by atoms with Crippen molar-refractivity contribution in [2.75, 3.05) is 0 Å². The summed E-state index contributed by atoms with van der Waals surface area (Å²) in [6.07, 6.45) is 3.63. The van der Waals surface area contributed by atoms with Gasteiger partial charge in [0.25, 0.3) is 0 Å². The molecule has 0 aliphatic rings. The van der Waals surface area contributed by atoms with Crippen molar-refractivity contribution in [3.63, 3.8) is 0 Å². The predicted molar refractivity (Wildman–Crippen MR) is 59.2 cm³/mol. The van der Waals surface area contributed by atoms with E-state index in [9.17, 15) is 4.79 Å². The van der Waals surface area contributed by atoms with E-state index in [0.29, 0.717) is 5.56 Å². The van der Waals surface area contributed by atoms with Crippen LogP contribution in [0.3, 0.4) is 0 Å². The molecule has 0 saturated heterocycles. The quantitative estimate of drug-likeness (QED) is 0.331. The molecule has 0 radical (unpaired) electrons. The van der Waals surface area contributed by atoms with Gasteiger partial charge in [0.05, 0.1) is 12.1 Å². The first-order valence-electron chi connectivity index (χ1n) is 4.55. The van der Waals surface area contributed by atoms with Crippen molar-refractivity contribution in [1.82, 2.24) is 0 Å². The minimum Gasteiger partial charge on any atom is -0.289 e. The molecule has 0 aliphatic carbocycles. The van der Waals surface area contributed by atoms with Gasteiger partial charge in [0.1, 0.15) is 0 Å². The Morgan fingerprint density at radius 3 is 2.38 bits per heavy atom. The highest BCUT2D eigenvalue weighted by Crippen LogP contribution is 2.09. The van der Waals surface area contributed by atoms with Gasteiger partial charge in [-0.25, -0.2) is 0 Å². The van der Waals surface area contributed by atoms with Gasteiger partial charge in [-0.2, -0.15) is 10.5 Å². The third-order valence-corrected chi connectivity index (χ3v) is 1.86. The first kappa shape index (κ1) is 11.4. The van der Waals surface area contributed by atoms with E-state index in [1.807, 2.05) is 0 Å². The molecule has 0 heterocycles.